The van der Waals surface area contributed by atoms with Crippen molar-refractivity contribution in [1.82, 2.24) is 0 Å². The SMILES string of the molecule is C=CCCCCCCCCCCCCCC(C)C(=O)O. The molecule has 118 valence electrons. The second-order valence-electron chi connectivity index (χ2n) is 5.99. The van der Waals surface area contributed by atoms with E-state index in [1.807, 2.05) is 6.08 Å². The van der Waals surface area contributed by atoms with Gasteiger partial charge in [-0.25, -0.2) is 0 Å². The maximum absolute atomic E-state index is 10.6. The summed E-state index contributed by atoms with van der Waals surface area (Å²) in [5, 5.41) is 8.77. The third kappa shape index (κ3) is 13.6. The Kier molecular flexibility index (Phi) is 14.0. The van der Waals surface area contributed by atoms with E-state index in [9.17, 15) is 4.79 Å². The van der Waals surface area contributed by atoms with Gasteiger partial charge in [-0.15, -0.1) is 6.58 Å². The van der Waals surface area contributed by atoms with Crippen LogP contribution in [0.15, 0.2) is 12.7 Å². The van der Waals surface area contributed by atoms with Gasteiger partial charge in [-0.1, -0.05) is 77.2 Å². The number of allylic oxidation sites excluding steroid dienone is 1. The largest absolute Gasteiger partial charge is 0.481 e. The lowest BCUT2D eigenvalue weighted by Crippen LogP contribution is -2.08. The molecule has 0 amide bonds. The Hall–Kier alpha value is -0.790. The number of rotatable bonds is 15. The van der Waals surface area contributed by atoms with E-state index in [2.05, 4.69) is 6.58 Å². The van der Waals surface area contributed by atoms with Crippen LogP contribution in [0.3, 0.4) is 0 Å². The minimum Gasteiger partial charge on any atom is -0.481 e. The first-order valence-electron chi connectivity index (χ1n) is 8.52. The van der Waals surface area contributed by atoms with Gasteiger partial charge in [0.1, 0.15) is 0 Å². The molecule has 0 aliphatic rings. The van der Waals surface area contributed by atoms with E-state index in [0.29, 0.717) is 0 Å². The first-order chi connectivity index (χ1) is 9.68. The van der Waals surface area contributed by atoms with E-state index in [1.54, 1.807) is 6.92 Å². The fraction of sp³-hybridized carbons (Fsp3) is 0.833. The summed E-state index contributed by atoms with van der Waals surface area (Å²) in [4.78, 5) is 10.6. The third-order valence-electron chi connectivity index (χ3n) is 3.97. The van der Waals surface area contributed by atoms with Crippen LogP contribution in [-0.4, -0.2) is 11.1 Å². The number of carboxylic acids is 1. The topological polar surface area (TPSA) is 37.3 Å². The van der Waals surface area contributed by atoms with Gasteiger partial charge in [0.25, 0.3) is 0 Å². The molecule has 0 rings (SSSR count). The van der Waals surface area contributed by atoms with Crippen LogP contribution < -0.4 is 0 Å². The molecule has 0 aromatic carbocycles. The van der Waals surface area contributed by atoms with Gasteiger partial charge in [0.2, 0.25) is 0 Å². The standard InChI is InChI=1S/C18H34O2/c1-3-4-5-6-7-8-9-10-11-12-13-14-15-16-17(2)18(19)20/h3,17H,1,4-16H2,2H3,(H,19,20). The molecule has 1 atom stereocenters. The molecule has 0 spiro atoms. The molecule has 0 aromatic heterocycles. The molecule has 0 bridgehead atoms. The molecule has 0 aromatic rings. The van der Waals surface area contributed by atoms with E-state index in [4.69, 9.17) is 5.11 Å². The molecule has 0 heterocycles. The Morgan fingerprint density at radius 3 is 1.70 bits per heavy atom. The molecule has 0 saturated heterocycles. The minimum atomic E-state index is -0.655. The van der Waals surface area contributed by atoms with Crippen LogP contribution in [0.25, 0.3) is 0 Å². The number of hydrogen-bond acceptors (Lipinski definition) is 1. The molecule has 2 heteroatoms. The zero-order valence-electron chi connectivity index (χ0n) is 13.4. The zero-order chi connectivity index (χ0) is 15.1. The summed E-state index contributed by atoms with van der Waals surface area (Å²) in [6.45, 7) is 5.54. The van der Waals surface area contributed by atoms with Crippen molar-refractivity contribution in [2.24, 2.45) is 5.92 Å². The first kappa shape index (κ1) is 19.2. The Labute approximate surface area is 125 Å². The summed E-state index contributed by atoms with van der Waals surface area (Å²) in [7, 11) is 0. The van der Waals surface area contributed by atoms with Crippen LogP contribution in [0.1, 0.15) is 90.4 Å². The number of unbranched alkanes of at least 4 members (excludes halogenated alkanes) is 11. The Bertz CT molecular complexity index is 236. The smallest absolute Gasteiger partial charge is 0.306 e. The number of carboxylic acid groups (broad SMARTS) is 1. The normalized spacial score (nSPS) is 12.2. The average molecular weight is 282 g/mol. The summed E-state index contributed by atoms with van der Waals surface area (Å²) in [5.74, 6) is -0.825. The van der Waals surface area contributed by atoms with Crippen molar-refractivity contribution in [1.29, 1.82) is 0 Å². The maximum atomic E-state index is 10.6. The highest BCUT2D eigenvalue weighted by atomic mass is 16.4. The Morgan fingerprint density at radius 1 is 0.900 bits per heavy atom. The van der Waals surface area contributed by atoms with Crippen LogP contribution in [0.2, 0.25) is 0 Å². The van der Waals surface area contributed by atoms with Crippen molar-refractivity contribution in [2.45, 2.75) is 90.4 Å². The second kappa shape index (κ2) is 14.6. The van der Waals surface area contributed by atoms with Crippen molar-refractivity contribution in [3.8, 4) is 0 Å². The first-order valence-corrected chi connectivity index (χ1v) is 8.52. The van der Waals surface area contributed by atoms with Crippen molar-refractivity contribution >= 4 is 5.97 Å². The van der Waals surface area contributed by atoms with Crippen LogP contribution in [0.4, 0.5) is 0 Å². The molecule has 0 aliphatic heterocycles. The number of carbonyl (C=O) groups is 1. The van der Waals surface area contributed by atoms with Gasteiger partial charge in [0, 0.05) is 0 Å². The van der Waals surface area contributed by atoms with Crippen LogP contribution in [-0.2, 0) is 4.79 Å². The van der Waals surface area contributed by atoms with Gasteiger partial charge in [-0.3, -0.25) is 4.79 Å². The molecular formula is C18H34O2. The highest BCUT2D eigenvalue weighted by Crippen LogP contribution is 2.14. The van der Waals surface area contributed by atoms with Crippen molar-refractivity contribution in [2.75, 3.05) is 0 Å². The average Bonchev–Trinajstić information content (AvgIpc) is 2.43. The third-order valence-corrected chi connectivity index (χ3v) is 3.97. The summed E-state index contributed by atoms with van der Waals surface area (Å²) in [6, 6.07) is 0. The molecule has 2 nitrogen and oxygen atoms in total. The maximum Gasteiger partial charge on any atom is 0.306 e. The molecule has 1 N–H and O–H groups in total. The van der Waals surface area contributed by atoms with Crippen LogP contribution in [0.5, 0.6) is 0 Å². The van der Waals surface area contributed by atoms with Gasteiger partial charge >= 0.3 is 5.97 Å². The summed E-state index contributed by atoms with van der Waals surface area (Å²) >= 11 is 0. The van der Waals surface area contributed by atoms with Gasteiger partial charge in [-0.05, 0) is 19.3 Å². The highest BCUT2D eigenvalue weighted by Gasteiger charge is 2.09. The predicted octanol–water partition coefficient (Wildman–Crippen LogP) is 5.96. The second-order valence-corrected chi connectivity index (χ2v) is 5.99. The van der Waals surface area contributed by atoms with E-state index in [0.717, 1.165) is 12.8 Å². The highest BCUT2D eigenvalue weighted by molar-refractivity contribution is 5.69. The predicted molar refractivity (Wildman–Crippen MR) is 87.0 cm³/mol. The molecule has 20 heavy (non-hydrogen) atoms. The molecule has 0 radical (unpaired) electrons. The Morgan fingerprint density at radius 2 is 1.30 bits per heavy atom. The lowest BCUT2D eigenvalue weighted by atomic mass is 10.0. The van der Waals surface area contributed by atoms with Gasteiger partial charge in [-0.2, -0.15) is 0 Å². The fourth-order valence-electron chi connectivity index (χ4n) is 2.45. The van der Waals surface area contributed by atoms with Crippen molar-refractivity contribution in [3.63, 3.8) is 0 Å². The van der Waals surface area contributed by atoms with Gasteiger partial charge < -0.3 is 5.11 Å². The molecule has 0 aliphatic carbocycles. The van der Waals surface area contributed by atoms with E-state index >= 15 is 0 Å². The molecular weight excluding hydrogens is 248 g/mol. The number of hydrogen-bond donors (Lipinski definition) is 1. The van der Waals surface area contributed by atoms with E-state index < -0.39 is 5.97 Å². The van der Waals surface area contributed by atoms with Crippen LogP contribution >= 0.6 is 0 Å². The summed E-state index contributed by atoms with van der Waals surface area (Å²) < 4.78 is 0. The molecule has 1 unspecified atom stereocenters. The van der Waals surface area contributed by atoms with Crippen molar-refractivity contribution in [3.05, 3.63) is 12.7 Å². The monoisotopic (exact) mass is 282 g/mol. The number of aliphatic carboxylic acids is 1. The minimum absolute atomic E-state index is 0.170. The van der Waals surface area contributed by atoms with Gasteiger partial charge in [0.15, 0.2) is 0 Å². The lowest BCUT2D eigenvalue weighted by molar-refractivity contribution is -0.141. The molecule has 0 saturated carbocycles. The zero-order valence-corrected chi connectivity index (χ0v) is 13.4. The fourth-order valence-corrected chi connectivity index (χ4v) is 2.45. The van der Waals surface area contributed by atoms with Gasteiger partial charge in [0.05, 0.1) is 5.92 Å². The summed E-state index contributed by atoms with van der Waals surface area (Å²) in [6.07, 6.45) is 18.4. The van der Waals surface area contributed by atoms with E-state index in [1.165, 1.54) is 70.6 Å². The summed E-state index contributed by atoms with van der Waals surface area (Å²) in [5.41, 5.74) is 0. The quantitative estimate of drug-likeness (QED) is 0.297. The lowest BCUT2D eigenvalue weighted by Gasteiger charge is -2.05. The van der Waals surface area contributed by atoms with E-state index in [-0.39, 0.29) is 5.92 Å². The molecule has 0 fully saturated rings. The van der Waals surface area contributed by atoms with Crippen molar-refractivity contribution < 1.29 is 9.90 Å². The Balaban J connectivity index is 3.06. The van der Waals surface area contributed by atoms with Crippen LogP contribution in [0, 0.1) is 5.92 Å².